The lowest BCUT2D eigenvalue weighted by Gasteiger charge is -2.06. The van der Waals surface area contributed by atoms with Crippen LogP contribution in [0.25, 0.3) is 17.1 Å². The Kier molecular flexibility index (Phi) is 6.77. The standard InChI is InChI=1S/C12H13FN6OS.C2HF3O2/c13-1-2-15-8(20)4-6-3-7-9-10(19-18-7)16-12(14)17-11(9)21-5-6;3-2(4,5)1(6)7/h3H,1-2,4-5H2,(H,15,20)(H3,14,16,17,18,19);(H,6,7). The summed E-state index contributed by atoms with van der Waals surface area (Å²) in [6.45, 7) is -0.534. The molecule has 3 rings (SSSR count). The molecule has 0 radical (unpaired) electrons. The molecule has 1 aliphatic heterocycles. The number of nitrogens with two attached hydrogens (primary N) is 1. The number of H-pyrrole nitrogens is 1. The van der Waals surface area contributed by atoms with Gasteiger partial charge in [-0.2, -0.15) is 23.3 Å². The molecule has 0 aliphatic carbocycles. The van der Waals surface area contributed by atoms with Gasteiger partial charge in [0.15, 0.2) is 5.65 Å². The summed E-state index contributed by atoms with van der Waals surface area (Å²) < 4.78 is 43.8. The molecule has 0 aromatic carbocycles. The number of carbonyl (C=O) groups is 2. The highest BCUT2D eigenvalue weighted by Crippen LogP contribution is 2.33. The highest BCUT2D eigenvalue weighted by molar-refractivity contribution is 7.99. The van der Waals surface area contributed by atoms with Crippen molar-refractivity contribution in [3.05, 3.63) is 11.3 Å². The molecule has 28 heavy (non-hydrogen) atoms. The molecule has 152 valence electrons. The van der Waals surface area contributed by atoms with Crippen LogP contribution < -0.4 is 11.1 Å². The third-order valence-corrected chi connectivity index (χ3v) is 4.30. The number of anilines is 1. The van der Waals surface area contributed by atoms with Crippen molar-refractivity contribution in [2.24, 2.45) is 0 Å². The number of carboxylic acid groups (broad SMARTS) is 1. The van der Waals surface area contributed by atoms with Crippen LogP contribution >= 0.6 is 11.8 Å². The maximum Gasteiger partial charge on any atom is 0.490 e. The summed E-state index contributed by atoms with van der Waals surface area (Å²) in [6.07, 6.45) is -3.03. The number of nitrogen functional groups attached to an aromatic ring is 1. The molecule has 2 aromatic rings. The third kappa shape index (κ3) is 5.55. The van der Waals surface area contributed by atoms with Crippen molar-refractivity contribution in [2.45, 2.75) is 17.6 Å². The van der Waals surface area contributed by atoms with Crippen molar-refractivity contribution >= 4 is 46.7 Å². The first kappa shape index (κ1) is 21.4. The van der Waals surface area contributed by atoms with Crippen molar-refractivity contribution in [3.8, 4) is 0 Å². The Bertz CT molecular complexity index is 914. The van der Waals surface area contributed by atoms with Gasteiger partial charge in [-0.15, -0.1) is 11.8 Å². The molecule has 14 heteroatoms. The van der Waals surface area contributed by atoms with Crippen LogP contribution in [-0.2, 0) is 9.59 Å². The predicted octanol–water partition coefficient (Wildman–Crippen LogP) is 1.53. The smallest absolute Gasteiger partial charge is 0.475 e. The number of nitrogens with zero attached hydrogens (tertiary/aromatic N) is 3. The van der Waals surface area contributed by atoms with Gasteiger partial charge in [-0.3, -0.25) is 9.89 Å². The van der Waals surface area contributed by atoms with Crippen LogP contribution in [0.2, 0.25) is 0 Å². The van der Waals surface area contributed by atoms with Crippen molar-refractivity contribution in [2.75, 3.05) is 24.7 Å². The van der Waals surface area contributed by atoms with E-state index in [4.69, 9.17) is 15.6 Å². The fourth-order valence-electron chi connectivity index (χ4n) is 2.10. The van der Waals surface area contributed by atoms with Gasteiger partial charge in [-0.05, 0) is 11.6 Å². The average Bonchev–Trinajstić information content (AvgIpc) is 2.90. The summed E-state index contributed by atoms with van der Waals surface area (Å²) in [5.41, 5.74) is 7.82. The number of aromatic amines is 1. The monoisotopic (exact) mass is 422 g/mol. The summed E-state index contributed by atoms with van der Waals surface area (Å²) in [7, 11) is 0. The third-order valence-electron chi connectivity index (χ3n) is 3.21. The number of nitrogens with one attached hydrogen (secondary N) is 2. The summed E-state index contributed by atoms with van der Waals surface area (Å²) >= 11 is 1.48. The van der Waals surface area contributed by atoms with Gasteiger partial charge in [0.2, 0.25) is 11.9 Å². The van der Waals surface area contributed by atoms with E-state index in [1.807, 2.05) is 6.08 Å². The molecule has 0 saturated carbocycles. The Morgan fingerprint density at radius 1 is 1.36 bits per heavy atom. The van der Waals surface area contributed by atoms with Crippen LogP contribution in [0, 0.1) is 0 Å². The normalized spacial score (nSPS) is 13.2. The molecule has 0 saturated heterocycles. The Morgan fingerprint density at radius 2 is 2.04 bits per heavy atom. The van der Waals surface area contributed by atoms with Crippen LogP contribution in [-0.4, -0.2) is 62.3 Å². The fraction of sp³-hybridized carbons (Fsp3) is 0.357. The van der Waals surface area contributed by atoms with Crippen LogP contribution in [0.4, 0.5) is 23.5 Å². The summed E-state index contributed by atoms with van der Waals surface area (Å²) in [4.78, 5) is 28.9. The average molecular weight is 422 g/mol. The molecule has 0 fully saturated rings. The molecule has 1 amide bonds. The number of aromatic nitrogens is 4. The van der Waals surface area contributed by atoms with Gasteiger partial charge >= 0.3 is 12.1 Å². The van der Waals surface area contributed by atoms with Gasteiger partial charge < -0.3 is 16.2 Å². The van der Waals surface area contributed by atoms with Crippen molar-refractivity contribution < 1.29 is 32.3 Å². The summed E-state index contributed by atoms with van der Waals surface area (Å²) in [5.74, 6) is -2.18. The first-order chi connectivity index (χ1) is 13.1. The van der Waals surface area contributed by atoms with Crippen LogP contribution in [0.5, 0.6) is 0 Å². The van der Waals surface area contributed by atoms with Gasteiger partial charge in [0.05, 0.1) is 11.1 Å². The van der Waals surface area contributed by atoms with E-state index in [0.717, 1.165) is 16.0 Å². The molecule has 0 bridgehead atoms. The van der Waals surface area contributed by atoms with Gasteiger partial charge in [0.1, 0.15) is 11.7 Å². The maximum absolute atomic E-state index is 12.0. The summed E-state index contributed by atoms with van der Waals surface area (Å²) in [5, 5.41) is 18.2. The lowest BCUT2D eigenvalue weighted by Crippen LogP contribution is -2.25. The Morgan fingerprint density at radius 3 is 2.64 bits per heavy atom. The largest absolute Gasteiger partial charge is 0.490 e. The molecule has 0 atom stereocenters. The van der Waals surface area contributed by atoms with E-state index in [1.54, 1.807) is 0 Å². The summed E-state index contributed by atoms with van der Waals surface area (Å²) in [6, 6.07) is 0. The number of carboxylic acids is 1. The number of halogens is 4. The van der Waals surface area contributed by atoms with Crippen LogP contribution in [0.15, 0.2) is 10.6 Å². The zero-order valence-corrected chi connectivity index (χ0v) is 14.8. The number of carbonyl (C=O) groups excluding carboxylic acids is 1. The molecule has 3 heterocycles. The first-order valence-electron chi connectivity index (χ1n) is 7.58. The Labute approximate surface area is 158 Å². The number of amides is 1. The van der Waals surface area contributed by atoms with Crippen LogP contribution in [0.3, 0.4) is 0 Å². The zero-order valence-electron chi connectivity index (χ0n) is 14.0. The van der Waals surface area contributed by atoms with Gasteiger partial charge in [-0.1, -0.05) is 0 Å². The first-order valence-corrected chi connectivity index (χ1v) is 8.57. The molecular formula is C14H14F4N6O3S. The number of hydrogen-bond acceptors (Lipinski definition) is 7. The van der Waals surface area contributed by atoms with Crippen LogP contribution in [0.1, 0.15) is 12.1 Å². The molecular weight excluding hydrogens is 408 g/mol. The number of aliphatic carboxylic acids is 1. The fourth-order valence-corrected chi connectivity index (χ4v) is 3.11. The minimum atomic E-state index is -5.08. The minimum Gasteiger partial charge on any atom is -0.475 e. The second kappa shape index (κ2) is 8.86. The maximum atomic E-state index is 12.0. The van der Waals surface area contributed by atoms with Gasteiger partial charge in [-0.25, -0.2) is 14.2 Å². The van der Waals surface area contributed by atoms with Crippen molar-refractivity contribution in [1.29, 1.82) is 0 Å². The van der Waals surface area contributed by atoms with Crippen molar-refractivity contribution in [3.63, 3.8) is 0 Å². The van der Waals surface area contributed by atoms with Crippen molar-refractivity contribution in [1.82, 2.24) is 25.5 Å². The minimum absolute atomic E-state index is 0.0359. The second-order valence-electron chi connectivity index (χ2n) is 5.33. The number of thioether (sulfide) groups is 1. The highest BCUT2D eigenvalue weighted by atomic mass is 32.2. The Hall–Kier alpha value is -2.90. The molecule has 1 aliphatic rings. The number of rotatable bonds is 4. The Balaban J connectivity index is 0.000000345. The molecule has 5 N–H and O–H groups in total. The predicted molar refractivity (Wildman–Crippen MR) is 92.1 cm³/mol. The van der Waals surface area contributed by atoms with E-state index in [0.29, 0.717) is 17.1 Å². The lowest BCUT2D eigenvalue weighted by atomic mass is 10.1. The number of hydrogen-bond donors (Lipinski definition) is 4. The van der Waals surface area contributed by atoms with E-state index < -0.39 is 18.8 Å². The highest BCUT2D eigenvalue weighted by Gasteiger charge is 2.38. The quantitative estimate of drug-likeness (QED) is 0.429. The molecule has 0 spiro atoms. The SMILES string of the molecule is Nc1nc2c3c(n[nH]c3n1)C=C(CC(=O)NCCF)CS2.O=C(O)C(F)(F)F. The van der Waals surface area contributed by atoms with E-state index in [1.165, 1.54) is 11.8 Å². The molecule has 2 aromatic heterocycles. The topological polar surface area (TPSA) is 147 Å². The second-order valence-corrected chi connectivity index (χ2v) is 6.29. The van der Waals surface area contributed by atoms with E-state index >= 15 is 0 Å². The molecule has 9 nitrogen and oxygen atoms in total. The van der Waals surface area contributed by atoms with E-state index in [2.05, 4.69) is 25.5 Å². The number of alkyl halides is 4. The van der Waals surface area contributed by atoms with Gasteiger partial charge in [0, 0.05) is 18.7 Å². The van der Waals surface area contributed by atoms with E-state index in [-0.39, 0.29) is 24.8 Å². The van der Waals surface area contributed by atoms with E-state index in [9.17, 15) is 22.4 Å². The molecule has 0 unspecified atom stereocenters. The lowest BCUT2D eigenvalue weighted by molar-refractivity contribution is -0.192. The van der Waals surface area contributed by atoms with Gasteiger partial charge in [0.25, 0.3) is 0 Å². The zero-order chi connectivity index (χ0) is 20.9.